The van der Waals surface area contributed by atoms with E-state index < -0.39 is 0 Å². The third-order valence-corrected chi connectivity index (χ3v) is 2.96. The van der Waals surface area contributed by atoms with Crippen LogP contribution in [-0.4, -0.2) is 11.5 Å². The van der Waals surface area contributed by atoms with Crippen molar-refractivity contribution in [2.45, 2.75) is 13.5 Å². The molecule has 0 fully saturated rings. The molecule has 0 aliphatic heterocycles. The zero-order chi connectivity index (χ0) is 13.7. The highest BCUT2D eigenvalue weighted by atomic mass is 79.9. The zero-order valence-electron chi connectivity index (χ0n) is 10.5. The standard InChI is InChI=1S/C14H14BrFN2O/c1-2-17-11-5-6-18-12(8-11)9-19-14-7-10(15)3-4-13(14)16/h3-8H,2,9H2,1H3,(H,17,18). The SMILES string of the molecule is CCNc1ccnc(COc2cc(Br)ccc2F)c1. The summed E-state index contributed by atoms with van der Waals surface area (Å²) in [6.07, 6.45) is 1.70. The van der Waals surface area contributed by atoms with E-state index >= 15 is 0 Å². The highest BCUT2D eigenvalue weighted by molar-refractivity contribution is 9.10. The number of hydrogen-bond acceptors (Lipinski definition) is 3. The van der Waals surface area contributed by atoms with Crippen molar-refractivity contribution in [2.24, 2.45) is 0 Å². The first kappa shape index (κ1) is 13.8. The molecule has 1 aromatic heterocycles. The molecule has 2 rings (SSSR count). The van der Waals surface area contributed by atoms with Gasteiger partial charge >= 0.3 is 0 Å². The molecule has 0 aliphatic rings. The Bertz CT molecular complexity index is 563. The van der Waals surface area contributed by atoms with Gasteiger partial charge < -0.3 is 10.1 Å². The first-order valence-corrected chi connectivity index (χ1v) is 6.75. The summed E-state index contributed by atoms with van der Waals surface area (Å²) >= 11 is 3.28. The summed E-state index contributed by atoms with van der Waals surface area (Å²) in [5.41, 5.74) is 1.73. The number of halogens is 2. The molecule has 1 heterocycles. The van der Waals surface area contributed by atoms with Crippen LogP contribution in [0.2, 0.25) is 0 Å². The zero-order valence-corrected chi connectivity index (χ0v) is 12.1. The molecule has 0 aliphatic carbocycles. The van der Waals surface area contributed by atoms with Gasteiger partial charge in [-0.1, -0.05) is 15.9 Å². The first-order valence-electron chi connectivity index (χ1n) is 5.95. The molecule has 0 unspecified atom stereocenters. The third kappa shape index (κ3) is 3.92. The van der Waals surface area contributed by atoms with Crippen molar-refractivity contribution >= 4 is 21.6 Å². The van der Waals surface area contributed by atoms with Crippen LogP contribution in [0.4, 0.5) is 10.1 Å². The molecule has 100 valence electrons. The molecule has 2 aromatic rings. The predicted octanol–water partition coefficient (Wildman–Crippen LogP) is 3.99. The van der Waals surface area contributed by atoms with Crippen LogP contribution in [0.5, 0.6) is 5.75 Å². The van der Waals surface area contributed by atoms with Gasteiger partial charge in [0.2, 0.25) is 0 Å². The molecular formula is C14H14BrFN2O. The van der Waals surface area contributed by atoms with Crippen LogP contribution < -0.4 is 10.1 Å². The predicted molar refractivity (Wildman–Crippen MR) is 76.8 cm³/mol. The van der Waals surface area contributed by atoms with Crippen molar-refractivity contribution in [3.05, 3.63) is 52.5 Å². The molecule has 0 atom stereocenters. The number of rotatable bonds is 5. The smallest absolute Gasteiger partial charge is 0.165 e. The number of hydrogen-bond donors (Lipinski definition) is 1. The summed E-state index contributed by atoms with van der Waals surface area (Å²) in [6.45, 7) is 3.09. The summed E-state index contributed by atoms with van der Waals surface area (Å²) in [6, 6.07) is 8.36. The first-order chi connectivity index (χ1) is 9.19. The Kier molecular flexibility index (Phi) is 4.74. The van der Waals surface area contributed by atoms with E-state index in [2.05, 4.69) is 26.2 Å². The van der Waals surface area contributed by atoms with Crippen LogP contribution in [0.15, 0.2) is 41.0 Å². The second kappa shape index (κ2) is 6.52. The normalized spacial score (nSPS) is 10.3. The van der Waals surface area contributed by atoms with Gasteiger partial charge in [0.25, 0.3) is 0 Å². The maximum absolute atomic E-state index is 13.5. The number of anilines is 1. The van der Waals surface area contributed by atoms with E-state index in [0.717, 1.165) is 22.4 Å². The van der Waals surface area contributed by atoms with E-state index in [4.69, 9.17) is 4.74 Å². The summed E-state index contributed by atoms with van der Waals surface area (Å²) in [7, 11) is 0. The summed E-state index contributed by atoms with van der Waals surface area (Å²) in [4.78, 5) is 4.19. The maximum Gasteiger partial charge on any atom is 0.165 e. The molecule has 0 radical (unpaired) electrons. The second-order valence-electron chi connectivity index (χ2n) is 3.93. The molecule has 0 spiro atoms. The lowest BCUT2D eigenvalue weighted by Crippen LogP contribution is -2.02. The van der Waals surface area contributed by atoms with E-state index in [1.807, 2.05) is 19.1 Å². The monoisotopic (exact) mass is 324 g/mol. The third-order valence-electron chi connectivity index (χ3n) is 2.47. The van der Waals surface area contributed by atoms with E-state index in [1.165, 1.54) is 6.07 Å². The molecule has 0 amide bonds. The van der Waals surface area contributed by atoms with Crippen LogP contribution in [0.25, 0.3) is 0 Å². The Morgan fingerprint density at radius 1 is 1.32 bits per heavy atom. The van der Waals surface area contributed by atoms with Crippen molar-refractivity contribution in [1.29, 1.82) is 0 Å². The van der Waals surface area contributed by atoms with Crippen LogP contribution >= 0.6 is 15.9 Å². The van der Waals surface area contributed by atoms with Crippen LogP contribution in [0.3, 0.4) is 0 Å². The van der Waals surface area contributed by atoms with Crippen LogP contribution in [0.1, 0.15) is 12.6 Å². The minimum absolute atomic E-state index is 0.213. The lowest BCUT2D eigenvalue weighted by Gasteiger charge is -2.09. The van der Waals surface area contributed by atoms with Gasteiger partial charge in [0.05, 0.1) is 5.69 Å². The van der Waals surface area contributed by atoms with Crippen molar-refractivity contribution in [1.82, 2.24) is 4.98 Å². The van der Waals surface area contributed by atoms with Crippen molar-refractivity contribution in [2.75, 3.05) is 11.9 Å². The van der Waals surface area contributed by atoms with Gasteiger partial charge in [-0.2, -0.15) is 0 Å². The lowest BCUT2D eigenvalue weighted by atomic mass is 10.3. The Labute approximate surface area is 119 Å². The number of nitrogens with zero attached hydrogens (tertiary/aromatic N) is 1. The van der Waals surface area contributed by atoms with E-state index in [0.29, 0.717) is 0 Å². The highest BCUT2D eigenvalue weighted by Crippen LogP contribution is 2.23. The van der Waals surface area contributed by atoms with Crippen molar-refractivity contribution in [3.63, 3.8) is 0 Å². The molecular weight excluding hydrogens is 311 g/mol. The van der Waals surface area contributed by atoms with E-state index in [1.54, 1.807) is 18.3 Å². The fraction of sp³-hybridized carbons (Fsp3) is 0.214. The number of nitrogens with one attached hydrogen (secondary N) is 1. The van der Waals surface area contributed by atoms with Crippen molar-refractivity contribution in [3.8, 4) is 5.75 Å². The van der Waals surface area contributed by atoms with Gasteiger partial charge in [-0.3, -0.25) is 4.98 Å². The Hall–Kier alpha value is -1.62. The minimum Gasteiger partial charge on any atom is -0.484 e. The largest absolute Gasteiger partial charge is 0.484 e. The summed E-state index contributed by atoms with van der Waals surface area (Å²) in [5, 5.41) is 3.19. The van der Waals surface area contributed by atoms with Crippen molar-refractivity contribution < 1.29 is 9.13 Å². The van der Waals surface area contributed by atoms with E-state index in [-0.39, 0.29) is 18.2 Å². The molecule has 0 saturated heterocycles. The van der Waals surface area contributed by atoms with Gasteiger partial charge in [0.15, 0.2) is 11.6 Å². The molecule has 3 nitrogen and oxygen atoms in total. The Balaban J connectivity index is 2.05. The van der Waals surface area contributed by atoms with Gasteiger partial charge in [-0.15, -0.1) is 0 Å². The summed E-state index contributed by atoms with van der Waals surface area (Å²) < 4.78 is 19.7. The molecule has 0 bridgehead atoms. The second-order valence-corrected chi connectivity index (χ2v) is 4.85. The average molecular weight is 325 g/mol. The van der Waals surface area contributed by atoms with Gasteiger partial charge in [-0.25, -0.2) is 4.39 Å². The fourth-order valence-electron chi connectivity index (χ4n) is 1.61. The number of benzene rings is 1. The average Bonchev–Trinajstić information content (AvgIpc) is 2.41. The molecule has 5 heteroatoms. The van der Waals surface area contributed by atoms with Crippen LogP contribution in [-0.2, 0) is 6.61 Å². The summed E-state index contributed by atoms with van der Waals surface area (Å²) in [5.74, 6) is -0.170. The highest BCUT2D eigenvalue weighted by Gasteiger charge is 2.05. The number of ether oxygens (including phenoxy) is 1. The molecule has 1 N–H and O–H groups in total. The molecule has 0 saturated carbocycles. The van der Waals surface area contributed by atoms with E-state index in [9.17, 15) is 4.39 Å². The quantitative estimate of drug-likeness (QED) is 0.902. The van der Waals surface area contributed by atoms with Gasteiger partial charge in [-0.05, 0) is 37.3 Å². The molecule has 19 heavy (non-hydrogen) atoms. The Morgan fingerprint density at radius 2 is 2.16 bits per heavy atom. The Morgan fingerprint density at radius 3 is 2.95 bits per heavy atom. The topological polar surface area (TPSA) is 34.2 Å². The van der Waals surface area contributed by atoms with Gasteiger partial charge in [0, 0.05) is 22.9 Å². The van der Waals surface area contributed by atoms with Crippen LogP contribution in [0, 0.1) is 5.82 Å². The number of pyridine rings is 1. The fourth-order valence-corrected chi connectivity index (χ4v) is 1.95. The lowest BCUT2D eigenvalue weighted by molar-refractivity contribution is 0.286. The minimum atomic E-state index is -0.383. The maximum atomic E-state index is 13.5. The molecule has 1 aromatic carbocycles. The number of aromatic nitrogens is 1. The van der Waals surface area contributed by atoms with Gasteiger partial charge in [0.1, 0.15) is 6.61 Å².